The normalized spacial score (nSPS) is 22.9. The SMILES string of the molecule is CC(C)(C)OC(=O)N1C(C(=O)O)CSC1c1cccs1. The summed E-state index contributed by atoms with van der Waals surface area (Å²) in [6.45, 7) is 5.30. The standard InChI is InChI=1S/C13H17NO4S2/c1-13(2,3)18-12(17)14-8(11(15)16)7-20-10(14)9-5-4-6-19-9/h4-6,8,10H,7H2,1-3H3,(H,15,16). The number of thioether (sulfide) groups is 1. The number of thiophene rings is 1. The lowest BCUT2D eigenvalue weighted by Gasteiger charge is -2.29. The lowest BCUT2D eigenvalue weighted by molar-refractivity contribution is -0.142. The van der Waals surface area contributed by atoms with Crippen molar-refractivity contribution in [2.75, 3.05) is 5.75 Å². The molecule has 0 aliphatic carbocycles. The molecule has 1 aliphatic heterocycles. The minimum Gasteiger partial charge on any atom is -0.480 e. The molecule has 0 radical (unpaired) electrons. The van der Waals surface area contributed by atoms with Crippen LogP contribution in [-0.2, 0) is 9.53 Å². The van der Waals surface area contributed by atoms with E-state index >= 15 is 0 Å². The van der Waals surface area contributed by atoms with Crippen molar-refractivity contribution >= 4 is 35.2 Å². The topological polar surface area (TPSA) is 66.8 Å². The van der Waals surface area contributed by atoms with E-state index in [0.717, 1.165) is 4.88 Å². The molecule has 0 bridgehead atoms. The van der Waals surface area contributed by atoms with Gasteiger partial charge in [-0.25, -0.2) is 9.59 Å². The van der Waals surface area contributed by atoms with Crippen molar-refractivity contribution in [3.8, 4) is 0 Å². The molecular formula is C13H17NO4S2. The van der Waals surface area contributed by atoms with E-state index in [1.54, 1.807) is 20.8 Å². The van der Waals surface area contributed by atoms with Gasteiger partial charge in [0.1, 0.15) is 17.0 Å². The molecule has 0 aromatic carbocycles. The van der Waals surface area contributed by atoms with Crippen molar-refractivity contribution < 1.29 is 19.4 Å². The number of carboxylic acid groups (broad SMARTS) is 1. The van der Waals surface area contributed by atoms with Gasteiger partial charge in [0.15, 0.2) is 0 Å². The second kappa shape index (κ2) is 5.65. The first kappa shape index (κ1) is 15.2. The third kappa shape index (κ3) is 3.27. The fourth-order valence-electron chi connectivity index (χ4n) is 1.89. The maximum Gasteiger partial charge on any atom is 0.412 e. The first-order chi connectivity index (χ1) is 9.29. The van der Waals surface area contributed by atoms with E-state index in [0.29, 0.717) is 5.75 Å². The van der Waals surface area contributed by atoms with Crippen LogP contribution in [0.15, 0.2) is 17.5 Å². The van der Waals surface area contributed by atoms with Gasteiger partial charge in [0.2, 0.25) is 0 Å². The lowest BCUT2D eigenvalue weighted by Crippen LogP contribution is -2.45. The average Bonchev–Trinajstić information content (AvgIpc) is 2.95. The molecule has 2 atom stereocenters. The summed E-state index contributed by atoms with van der Waals surface area (Å²) in [7, 11) is 0. The Kier molecular flexibility index (Phi) is 4.29. The molecule has 1 aliphatic rings. The first-order valence-corrected chi connectivity index (χ1v) is 8.11. The van der Waals surface area contributed by atoms with Gasteiger partial charge in [0.25, 0.3) is 0 Å². The summed E-state index contributed by atoms with van der Waals surface area (Å²) < 4.78 is 5.35. The molecule has 0 spiro atoms. The number of aliphatic carboxylic acids is 1. The molecule has 2 rings (SSSR count). The third-order valence-electron chi connectivity index (χ3n) is 2.68. The number of carbonyl (C=O) groups excluding carboxylic acids is 1. The Morgan fingerprint density at radius 3 is 2.65 bits per heavy atom. The van der Waals surface area contributed by atoms with Crippen molar-refractivity contribution in [2.45, 2.75) is 37.8 Å². The maximum absolute atomic E-state index is 12.3. The summed E-state index contributed by atoms with van der Waals surface area (Å²) in [4.78, 5) is 26.0. The van der Waals surface area contributed by atoms with E-state index in [1.807, 2.05) is 17.5 Å². The summed E-state index contributed by atoms with van der Waals surface area (Å²) in [5, 5.41) is 10.9. The van der Waals surface area contributed by atoms with Gasteiger partial charge >= 0.3 is 12.1 Å². The summed E-state index contributed by atoms with van der Waals surface area (Å²) >= 11 is 2.96. The number of amides is 1. The molecule has 1 aromatic heterocycles. The van der Waals surface area contributed by atoms with E-state index in [1.165, 1.54) is 28.0 Å². The summed E-state index contributed by atoms with van der Waals surface area (Å²) in [5.74, 6) is -0.626. The second-order valence-corrected chi connectivity index (χ2v) is 7.54. The fraction of sp³-hybridized carbons (Fsp3) is 0.538. The Morgan fingerprint density at radius 2 is 2.15 bits per heavy atom. The number of hydrogen-bond donors (Lipinski definition) is 1. The molecule has 2 heterocycles. The fourth-order valence-corrected chi connectivity index (χ4v) is 4.26. The minimum atomic E-state index is -0.998. The Bertz CT molecular complexity index is 495. The molecule has 20 heavy (non-hydrogen) atoms. The van der Waals surface area contributed by atoms with Gasteiger partial charge in [-0.3, -0.25) is 4.90 Å². The molecule has 1 aromatic rings. The van der Waals surface area contributed by atoms with Gasteiger partial charge in [-0.15, -0.1) is 23.1 Å². The van der Waals surface area contributed by atoms with Crippen LogP contribution in [0.4, 0.5) is 4.79 Å². The highest BCUT2D eigenvalue weighted by molar-refractivity contribution is 7.99. The van der Waals surface area contributed by atoms with Crippen molar-refractivity contribution in [3.63, 3.8) is 0 Å². The molecule has 110 valence electrons. The highest BCUT2D eigenvalue weighted by Gasteiger charge is 2.44. The smallest absolute Gasteiger partial charge is 0.412 e. The molecule has 0 saturated carbocycles. The van der Waals surface area contributed by atoms with Crippen LogP contribution in [-0.4, -0.2) is 39.5 Å². The highest BCUT2D eigenvalue weighted by atomic mass is 32.2. The highest BCUT2D eigenvalue weighted by Crippen LogP contribution is 2.43. The van der Waals surface area contributed by atoms with E-state index in [2.05, 4.69) is 0 Å². The first-order valence-electron chi connectivity index (χ1n) is 6.19. The molecule has 7 heteroatoms. The molecule has 1 amide bonds. The number of hydrogen-bond acceptors (Lipinski definition) is 5. The van der Waals surface area contributed by atoms with Crippen LogP contribution >= 0.6 is 23.1 Å². The van der Waals surface area contributed by atoms with Gasteiger partial charge in [0.05, 0.1) is 0 Å². The zero-order chi connectivity index (χ0) is 14.9. The summed E-state index contributed by atoms with van der Waals surface area (Å²) in [6.07, 6.45) is -0.576. The van der Waals surface area contributed by atoms with E-state index < -0.39 is 23.7 Å². The molecule has 1 fully saturated rings. The van der Waals surface area contributed by atoms with Gasteiger partial charge < -0.3 is 9.84 Å². The van der Waals surface area contributed by atoms with Crippen LogP contribution in [0.5, 0.6) is 0 Å². The monoisotopic (exact) mass is 315 g/mol. The predicted molar refractivity (Wildman–Crippen MR) is 79.0 cm³/mol. The third-order valence-corrected chi connectivity index (χ3v) is 5.06. The van der Waals surface area contributed by atoms with Crippen LogP contribution in [0.2, 0.25) is 0 Å². The molecular weight excluding hydrogens is 298 g/mol. The van der Waals surface area contributed by atoms with Crippen molar-refractivity contribution in [3.05, 3.63) is 22.4 Å². The molecule has 2 unspecified atom stereocenters. The second-order valence-electron chi connectivity index (χ2n) is 5.44. The zero-order valence-corrected chi connectivity index (χ0v) is 13.2. The van der Waals surface area contributed by atoms with Crippen molar-refractivity contribution in [2.24, 2.45) is 0 Å². The van der Waals surface area contributed by atoms with Crippen molar-refractivity contribution in [1.29, 1.82) is 0 Å². The number of carboxylic acids is 1. The number of rotatable bonds is 2. The number of carbonyl (C=O) groups is 2. The average molecular weight is 315 g/mol. The lowest BCUT2D eigenvalue weighted by atomic mass is 10.2. The van der Waals surface area contributed by atoms with Crippen molar-refractivity contribution in [1.82, 2.24) is 4.90 Å². The largest absolute Gasteiger partial charge is 0.480 e. The Hall–Kier alpha value is -1.21. The quantitative estimate of drug-likeness (QED) is 0.908. The summed E-state index contributed by atoms with van der Waals surface area (Å²) in [5.41, 5.74) is -0.645. The van der Waals surface area contributed by atoms with Crippen LogP contribution in [0.25, 0.3) is 0 Å². The number of ether oxygens (including phenoxy) is 1. The number of nitrogens with zero attached hydrogens (tertiary/aromatic N) is 1. The molecule has 1 saturated heterocycles. The predicted octanol–water partition coefficient (Wildman–Crippen LogP) is 3.18. The summed E-state index contributed by atoms with van der Waals surface area (Å²) in [6, 6.07) is 2.95. The van der Waals surface area contributed by atoms with Crippen LogP contribution < -0.4 is 0 Å². The van der Waals surface area contributed by atoms with Crippen LogP contribution in [0.1, 0.15) is 31.0 Å². The van der Waals surface area contributed by atoms with Gasteiger partial charge in [0, 0.05) is 10.6 Å². The molecule has 5 nitrogen and oxygen atoms in total. The maximum atomic E-state index is 12.3. The van der Waals surface area contributed by atoms with E-state index in [9.17, 15) is 14.7 Å². The Balaban J connectivity index is 2.25. The molecule has 1 N–H and O–H groups in total. The Labute approximate surface area is 125 Å². The van der Waals surface area contributed by atoms with Crippen LogP contribution in [0, 0.1) is 0 Å². The van der Waals surface area contributed by atoms with Gasteiger partial charge in [-0.2, -0.15) is 0 Å². The zero-order valence-electron chi connectivity index (χ0n) is 11.5. The van der Waals surface area contributed by atoms with E-state index in [4.69, 9.17) is 4.74 Å². The minimum absolute atomic E-state index is 0.286. The Morgan fingerprint density at radius 1 is 1.45 bits per heavy atom. The van der Waals surface area contributed by atoms with Gasteiger partial charge in [-0.1, -0.05) is 6.07 Å². The van der Waals surface area contributed by atoms with Crippen LogP contribution in [0.3, 0.4) is 0 Å². The van der Waals surface area contributed by atoms with Gasteiger partial charge in [-0.05, 0) is 32.2 Å². The van der Waals surface area contributed by atoms with E-state index in [-0.39, 0.29) is 5.37 Å².